The van der Waals surface area contributed by atoms with Crippen molar-refractivity contribution in [2.45, 2.75) is 31.2 Å². The van der Waals surface area contributed by atoms with E-state index in [2.05, 4.69) is 15.2 Å². The second-order valence-corrected chi connectivity index (χ2v) is 6.75. The highest BCUT2D eigenvalue weighted by atomic mass is 16.2. The summed E-state index contributed by atoms with van der Waals surface area (Å²) in [6, 6.07) is 3.51. The van der Waals surface area contributed by atoms with E-state index in [1.54, 1.807) is 0 Å². The number of aromatic nitrogens is 1. The van der Waals surface area contributed by atoms with Crippen LogP contribution in [0.4, 0.5) is 0 Å². The first-order valence-corrected chi connectivity index (χ1v) is 8.43. The zero-order chi connectivity index (χ0) is 17.2. The van der Waals surface area contributed by atoms with Crippen molar-refractivity contribution in [1.82, 2.24) is 20.1 Å². The SMILES string of the molecule is CN1CCN(C(=O)C2(NC(=O)c3cc(C#N)c[nH]3)CCCC2)CC1. The lowest BCUT2D eigenvalue weighted by atomic mass is 9.94. The fourth-order valence-corrected chi connectivity index (χ4v) is 3.56. The Hall–Kier alpha value is -2.33. The average molecular weight is 329 g/mol. The third-order valence-corrected chi connectivity index (χ3v) is 5.07. The maximum absolute atomic E-state index is 13.1. The number of amides is 2. The summed E-state index contributed by atoms with van der Waals surface area (Å²) in [7, 11) is 2.05. The summed E-state index contributed by atoms with van der Waals surface area (Å²) in [5.41, 5.74) is -0.0692. The maximum atomic E-state index is 13.1. The fraction of sp³-hybridized carbons (Fsp3) is 0.588. The van der Waals surface area contributed by atoms with Crippen molar-refractivity contribution in [1.29, 1.82) is 5.26 Å². The van der Waals surface area contributed by atoms with E-state index >= 15 is 0 Å². The summed E-state index contributed by atoms with van der Waals surface area (Å²) >= 11 is 0. The Kier molecular flexibility index (Phi) is 4.58. The molecule has 1 aromatic rings. The molecule has 0 radical (unpaired) electrons. The van der Waals surface area contributed by atoms with Gasteiger partial charge in [-0.15, -0.1) is 0 Å². The van der Waals surface area contributed by atoms with Gasteiger partial charge in [0.15, 0.2) is 0 Å². The lowest BCUT2D eigenvalue weighted by Gasteiger charge is -2.39. The van der Waals surface area contributed by atoms with Crippen molar-refractivity contribution in [2.24, 2.45) is 0 Å². The van der Waals surface area contributed by atoms with Gasteiger partial charge >= 0.3 is 0 Å². The molecule has 0 atom stereocenters. The molecule has 0 bridgehead atoms. The van der Waals surface area contributed by atoms with Crippen LogP contribution in [0, 0.1) is 11.3 Å². The van der Waals surface area contributed by atoms with Crippen LogP contribution in [-0.4, -0.2) is 65.4 Å². The Morgan fingerprint density at radius 1 is 1.25 bits per heavy atom. The number of rotatable bonds is 3. The molecular formula is C17H23N5O2. The van der Waals surface area contributed by atoms with Gasteiger partial charge in [-0.05, 0) is 26.0 Å². The number of H-pyrrole nitrogens is 1. The van der Waals surface area contributed by atoms with Gasteiger partial charge in [-0.25, -0.2) is 0 Å². The van der Waals surface area contributed by atoms with E-state index in [9.17, 15) is 9.59 Å². The van der Waals surface area contributed by atoms with Gasteiger partial charge in [0.2, 0.25) is 5.91 Å². The second kappa shape index (κ2) is 6.65. The van der Waals surface area contributed by atoms with E-state index in [0.717, 1.165) is 25.9 Å². The lowest BCUT2D eigenvalue weighted by Crippen LogP contribution is -2.61. The number of hydrogen-bond acceptors (Lipinski definition) is 4. The van der Waals surface area contributed by atoms with Crippen LogP contribution in [0.5, 0.6) is 0 Å². The molecule has 1 aliphatic carbocycles. The molecule has 2 fully saturated rings. The molecule has 7 nitrogen and oxygen atoms in total. The maximum Gasteiger partial charge on any atom is 0.268 e. The number of nitriles is 1. The van der Waals surface area contributed by atoms with E-state index in [4.69, 9.17) is 5.26 Å². The zero-order valence-electron chi connectivity index (χ0n) is 14.0. The monoisotopic (exact) mass is 329 g/mol. The van der Waals surface area contributed by atoms with Gasteiger partial charge in [0.1, 0.15) is 17.3 Å². The van der Waals surface area contributed by atoms with Crippen LogP contribution in [0.15, 0.2) is 12.3 Å². The van der Waals surface area contributed by atoms with Crippen LogP contribution in [0.25, 0.3) is 0 Å². The molecule has 2 heterocycles. The molecule has 0 aromatic carbocycles. The van der Waals surface area contributed by atoms with Crippen LogP contribution in [-0.2, 0) is 4.79 Å². The predicted molar refractivity (Wildman–Crippen MR) is 88.2 cm³/mol. The van der Waals surface area contributed by atoms with E-state index in [-0.39, 0.29) is 11.8 Å². The minimum Gasteiger partial charge on any atom is -0.356 e. The smallest absolute Gasteiger partial charge is 0.268 e. The molecule has 1 saturated heterocycles. The summed E-state index contributed by atoms with van der Waals surface area (Å²) in [4.78, 5) is 32.5. The fourth-order valence-electron chi connectivity index (χ4n) is 3.56. The van der Waals surface area contributed by atoms with Gasteiger partial charge in [0.05, 0.1) is 5.56 Å². The Bertz CT molecular complexity index is 661. The molecule has 1 aromatic heterocycles. The number of nitrogens with zero attached hydrogens (tertiary/aromatic N) is 3. The average Bonchev–Trinajstić information content (AvgIpc) is 3.25. The molecule has 1 saturated carbocycles. The molecule has 2 N–H and O–H groups in total. The third-order valence-electron chi connectivity index (χ3n) is 5.07. The van der Waals surface area contributed by atoms with Crippen molar-refractivity contribution >= 4 is 11.8 Å². The summed E-state index contributed by atoms with van der Waals surface area (Å²) in [5, 5.41) is 11.9. The van der Waals surface area contributed by atoms with Crippen LogP contribution in [0.1, 0.15) is 41.7 Å². The molecular weight excluding hydrogens is 306 g/mol. The van der Waals surface area contributed by atoms with Crippen LogP contribution in [0.2, 0.25) is 0 Å². The number of carbonyl (C=O) groups excluding carboxylic acids is 2. The second-order valence-electron chi connectivity index (χ2n) is 6.75. The van der Waals surface area contributed by atoms with Gasteiger partial charge in [-0.2, -0.15) is 5.26 Å². The number of piperazine rings is 1. The molecule has 0 spiro atoms. The highest BCUT2D eigenvalue weighted by Crippen LogP contribution is 2.32. The molecule has 2 aliphatic rings. The Morgan fingerprint density at radius 2 is 1.92 bits per heavy atom. The van der Waals surface area contributed by atoms with Crippen LogP contribution < -0.4 is 5.32 Å². The van der Waals surface area contributed by atoms with Crippen LogP contribution >= 0.6 is 0 Å². The summed E-state index contributed by atoms with van der Waals surface area (Å²) < 4.78 is 0. The topological polar surface area (TPSA) is 92.2 Å². The van der Waals surface area contributed by atoms with Gasteiger partial charge in [-0.3, -0.25) is 9.59 Å². The number of aromatic amines is 1. The lowest BCUT2D eigenvalue weighted by molar-refractivity contribution is -0.139. The molecule has 24 heavy (non-hydrogen) atoms. The standard InChI is InChI=1S/C17H23N5O2/c1-21-6-8-22(9-7-21)16(24)17(4-2-3-5-17)20-15(23)14-10-13(11-18)12-19-14/h10,12,19H,2-9H2,1H3,(H,20,23). The van der Waals surface area contributed by atoms with Gasteiger partial charge in [0.25, 0.3) is 5.91 Å². The molecule has 7 heteroatoms. The predicted octanol–water partition coefficient (Wildman–Crippen LogP) is 0.703. The van der Waals surface area contributed by atoms with Gasteiger partial charge < -0.3 is 20.1 Å². The number of hydrogen-bond donors (Lipinski definition) is 2. The van der Waals surface area contributed by atoms with Crippen LogP contribution in [0.3, 0.4) is 0 Å². The number of nitrogens with one attached hydrogen (secondary N) is 2. The molecule has 3 rings (SSSR count). The molecule has 0 unspecified atom stereocenters. The van der Waals surface area contributed by atoms with Gasteiger partial charge in [-0.1, -0.05) is 12.8 Å². The van der Waals surface area contributed by atoms with E-state index in [1.807, 2.05) is 18.0 Å². The quantitative estimate of drug-likeness (QED) is 0.854. The van der Waals surface area contributed by atoms with Crippen molar-refractivity contribution in [3.63, 3.8) is 0 Å². The minimum atomic E-state index is -0.801. The van der Waals surface area contributed by atoms with Crippen molar-refractivity contribution in [3.05, 3.63) is 23.5 Å². The molecule has 2 amide bonds. The Labute approximate surface area is 141 Å². The zero-order valence-corrected chi connectivity index (χ0v) is 14.0. The number of likely N-dealkylation sites (N-methyl/N-ethyl adjacent to an activating group) is 1. The van der Waals surface area contributed by atoms with Crippen molar-refractivity contribution in [2.75, 3.05) is 33.2 Å². The Morgan fingerprint density at radius 3 is 2.50 bits per heavy atom. The van der Waals surface area contributed by atoms with Crippen molar-refractivity contribution in [3.8, 4) is 6.07 Å². The van der Waals surface area contributed by atoms with E-state index < -0.39 is 5.54 Å². The Balaban J connectivity index is 1.74. The first-order valence-electron chi connectivity index (χ1n) is 8.43. The molecule has 1 aliphatic heterocycles. The first-order chi connectivity index (χ1) is 11.5. The largest absolute Gasteiger partial charge is 0.356 e. The molecule has 128 valence electrons. The van der Waals surface area contributed by atoms with Crippen molar-refractivity contribution < 1.29 is 9.59 Å². The highest BCUT2D eigenvalue weighted by molar-refractivity contribution is 5.98. The minimum absolute atomic E-state index is 0.0357. The first kappa shape index (κ1) is 16.5. The summed E-state index contributed by atoms with van der Waals surface area (Å²) in [6.45, 7) is 3.12. The summed E-state index contributed by atoms with van der Waals surface area (Å²) in [6.07, 6.45) is 4.73. The summed E-state index contributed by atoms with van der Waals surface area (Å²) in [5.74, 6) is -0.283. The van der Waals surface area contributed by atoms with E-state index in [0.29, 0.717) is 37.2 Å². The highest BCUT2D eigenvalue weighted by Gasteiger charge is 2.45. The number of carbonyl (C=O) groups is 2. The normalized spacial score (nSPS) is 20.6. The van der Waals surface area contributed by atoms with Gasteiger partial charge in [0, 0.05) is 32.4 Å². The third kappa shape index (κ3) is 3.15. The van der Waals surface area contributed by atoms with E-state index in [1.165, 1.54) is 12.3 Å².